The second-order valence-corrected chi connectivity index (χ2v) is 10.3. The molecule has 0 amide bonds. The molecule has 4 N–H and O–H groups in total. The Bertz CT molecular complexity index is 925. The summed E-state index contributed by atoms with van der Waals surface area (Å²) >= 11 is 0. The number of nitrogens with zero attached hydrogens (tertiary/aromatic N) is 1. The highest BCUT2D eigenvalue weighted by Gasteiger charge is 2.56. The topological polar surface area (TPSA) is 86.9 Å². The lowest BCUT2D eigenvalue weighted by Gasteiger charge is -2.62. The Morgan fingerprint density at radius 1 is 1.13 bits per heavy atom. The lowest BCUT2D eigenvalue weighted by Crippen LogP contribution is -2.59. The Morgan fingerprint density at radius 3 is 2.63 bits per heavy atom. The number of fused-ring (bicyclic) bond motifs is 3. The van der Waals surface area contributed by atoms with Gasteiger partial charge >= 0.3 is 0 Å². The molecule has 0 radical (unpaired) electrons. The molecule has 0 spiro atoms. The number of benzene rings is 1. The van der Waals surface area contributed by atoms with Crippen molar-refractivity contribution < 1.29 is 20.1 Å². The highest BCUT2D eigenvalue weighted by atomic mass is 16.5. The van der Waals surface area contributed by atoms with Crippen molar-refractivity contribution in [3.8, 4) is 0 Å². The lowest BCUT2D eigenvalue weighted by atomic mass is 9.45. The van der Waals surface area contributed by atoms with E-state index in [9.17, 15) is 15.3 Å². The molecular formula is C24H34N2O4. The Labute approximate surface area is 177 Å². The van der Waals surface area contributed by atoms with Crippen molar-refractivity contribution >= 4 is 10.9 Å². The van der Waals surface area contributed by atoms with Gasteiger partial charge in [0.1, 0.15) is 18.3 Å². The largest absolute Gasteiger partial charge is 0.388 e. The number of nitrogens with one attached hydrogen (secondary N) is 1. The molecule has 2 aromatic rings. The number of aliphatic hydroxyl groups is 3. The molecule has 1 aliphatic heterocycles. The Balaban J connectivity index is 1.37. The first-order chi connectivity index (χ1) is 14.3. The smallest absolute Gasteiger partial charge is 0.162 e. The molecule has 1 aromatic heterocycles. The molecule has 1 aromatic carbocycles. The van der Waals surface area contributed by atoms with Gasteiger partial charge in [-0.3, -0.25) is 0 Å². The van der Waals surface area contributed by atoms with Gasteiger partial charge in [-0.15, -0.1) is 0 Å². The van der Waals surface area contributed by atoms with Crippen molar-refractivity contribution in [3.63, 3.8) is 0 Å². The first-order valence-corrected chi connectivity index (χ1v) is 11.3. The number of aromatic nitrogens is 1. The minimum absolute atomic E-state index is 0.00113. The van der Waals surface area contributed by atoms with Crippen molar-refractivity contribution in [2.45, 2.75) is 70.7 Å². The van der Waals surface area contributed by atoms with E-state index < -0.39 is 24.5 Å². The van der Waals surface area contributed by atoms with Crippen LogP contribution >= 0.6 is 0 Å². The highest BCUT2D eigenvalue weighted by Crippen LogP contribution is 2.61. The summed E-state index contributed by atoms with van der Waals surface area (Å²) in [6.07, 6.45) is 0.442. The van der Waals surface area contributed by atoms with Crippen molar-refractivity contribution in [2.24, 2.45) is 23.2 Å². The third kappa shape index (κ3) is 3.04. The zero-order chi connectivity index (χ0) is 21.2. The highest BCUT2D eigenvalue weighted by molar-refractivity contribution is 5.84. The van der Waals surface area contributed by atoms with Crippen LogP contribution in [0.5, 0.6) is 0 Å². The van der Waals surface area contributed by atoms with Crippen LogP contribution in [0, 0.1) is 23.2 Å². The van der Waals surface area contributed by atoms with E-state index in [4.69, 9.17) is 4.74 Å². The van der Waals surface area contributed by atoms with Crippen molar-refractivity contribution in [1.82, 2.24) is 9.88 Å². The first kappa shape index (κ1) is 20.5. The number of ether oxygens (including phenoxy) is 1. The molecule has 2 bridgehead atoms. The van der Waals surface area contributed by atoms with Gasteiger partial charge in [-0.25, -0.2) is 0 Å². The van der Waals surface area contributed by atoms with E-state index in [1.165, 1.54) is 12.8 Å². The SMILES string of the molecule is C[C@@H]1[C@H]2C[C@@H](C[C@H]1NCc1cn([C@@H]3OC[C@@H](O)[C@H](O)[C@H]3O)c3ccccc13)C2(C)C. The van der Waals surface area contributed by atoms with Gasteiger partial charge in [0.15, 0.2) is 6.23 Å². The predicted octanol–water partition coefficient (Wildman–Crippen LogP) is 2.41. The van der Waals surface area contributed by atoms with Crippen LogP contribution < -0.4 is 5.32 Å². The number of para-hydroxylation sites is 1. The molecule has 0 unspecified atom stereocenters. The molecule has 6 nitrogen and oxygen atoms in total. The van der Waals surface area contributed by atoms with Gasteiger partial charge in [-0.1, -0.05) is 39.0 Å². The minimum Gasteiger partial charge on any atom is -0.388 e. The average molecular weight is 415 g/mol. The maximum absolute atomic E-state index is 10.5. The summed E-state index contributed by atoms with van der Waals surface area (Å²) in [6.45, 7) is 8.00. The normalized spacial score (nSPS) is 40.3. The van der Waals surface area contributed by atoms with Gasteiger partial charge in [0.05, 0.1) is 12.1 Å². The predicted molar refractivity (Wildman–Crippen MR) is 115 cm³/mol. The Morgan fingerprint density at radius 2 is 1.90 bits per heavy atom. The van der Waals surface area contributed by atoms with Crippen LogP contribution in [0.2, 0.25) is 0 Å². The van der Waals surface area contributed by atoms with Crippen molar-refractivity contribution in [2.75, 3.05) is 6.61 Å². The molecule has 6 rings (SSSR count). The first-order valence-electron chi connectivity index (χ1n) is 11.3. The van der Waals surface area contributed by atoms with E-state index >= 15 is 0 Å². The Hall–Kier alpha value is -1.44. The van der Waals surface area contributed by atoms with Gasteiger partial charge in [-0.2, -0.15) is 0 Å². The van der Waals surface area contributed by atoms with E-state index in [1.807, 2.05) is 29.0 Å². The molecule has 1 saturated heterocycles. The molecule has 4 aliphatic rings. The van der Waals surface area contributed by atoms with Crippen LogP contribution in [-0.4, -0.2) is 50.8 Å². The van der Waals surface area contributed by atoms with Crippen LogP contribution in [0.1, 0.15) is 45.4 Å². The molecule has 6 heteroatoms. The van der Waals surface area contributed by atoms with E-state index in [0.29, 0.717) is 17.4 Å². The minimum atomic E-state index is -1.22. The zero-order valence-electron chi connectivity index (χ0n) is 18.0. The number of hydrogen-bond donors (Lipinski definition) is 4. The van der Waals surface area contributed by atoms with E-state index in [1.54, 1.807) is 0 Å². The molecule has 164 valence electrons. The summed E-state index contributed by atoms with van der Waals surface area (Å²) < 4.78 is 7.62. The summed E-state index contributed by atoms with van der Waals surface area (Å²) in [6, 6.07) is 8.61. The molecule has 8 atom stereocenters. The average Bonchev–Trinajstić information content (AvgIpc) is 3.09. The third-order valence-electron chi connectivity index (χ3n) is 8.48. The summed E-state index contributed by atoms with van der Waals surface area (Å²) in [4.78, 5) is 0. The van der Waals surface area contributed by atoms with Crippen LogP contribution in [0.3, 0.4) is 0 Å². The number of aliphatic hydroxyl groups excluding tert-OH is 3. The number of rotatable bonds is 4. The zero-order valence-corrected chi connectivity index (χ0v) is 18.0. The second-order valence-electron chi connectivity index (χ2n) is 10.3. The molecule has 3 saturated carbocycles. The lowest BCUT2D eigenvalue weighted by molar-refractivity contribution is -0.209. The fourth-order valence-corrected chi connectivity index (χ4v) is 6.32. The van der Waals surface area contributed by atoms with E-state index in [2.05, 4.69) is 32.2 Å². The molecule has 30 heavy (non-hydrogen) atoms. The summed E-state index contributed by atoms with van der Waals surface area (Å²) in [5.41, 5.74) is 2.60. The quantitative estimate of drug-likeness (QED) is 0.617. The van der Waals surface area contributed by atoms with Gasteiger partial charge in [0, 0.05) is 24.2 Å². The van der Waals surface area contributed by atoms with E-state index in [0.717, 1.165) is 34.8 Å². The van der Waals surface area contributed by atoms with Crippen molar-refractivity contribution in [1.29, 1.82) is 0 Å². The molecule has 3 aliphatic carbocycles. The molecular weight excluding hydrogens is 380 g/mol. The number of hydrogen-bond acceptors (Lipinski definition) is 5. The monoisotopic (exact) mass is 414 g/mol. The van der Waals surface area contributed by atoms with Gasteiger partial charge in [-0.05, 0) is 47.6 Å². The van der Waals surface area contributed by atoms with Crippen LogP contribution in [-0.2, 0) is 11.3 Å². The van der Waals surface area contributed by atoms with Gasteiger partial charge in [0.25, 0.3) is 0 Å². The van der Waals surface area contributed by atoms with Crippen LogP contribution in [0.15, 0.2) is 30.5 Å². The third-order valence-corrected chi connectivity index (χ3v) is 8.48. The van der Waals surface area contributed by atoms with Crippen LogP contribution in [0.4, 0.5) is 0 Å². The summed E-state index contributed by atoms with van der Waals surface area (Å²) in [5.74, 6) is 2.28. The standard InChI is InChI=1S/C24H34N2O4/c1-13-17-8-15(24(17,2)3)9-18(13)25-10-14-11-26(19-7-5-4-6-16(14)19)23-22(29)21(28)20(27)12-30-23/h4-7,11,13,15,17-18,20-23,25,27-29H,8-10,12H2,1-3H3/t13-,15+,17-,18-,20-,21+,22-,23-/m1/s1. The van der Waals surface area contributed by atoms with Gasteiger partial charge in [0.2, 0.25) is 0 Å². The van der Waals surface area contributed by atoms with Crippen LogP contribution in [0.25, 0.3) is 10.9 Å². The molecule has 4 fully saturated rings. The van der Waals surface area contributed by atoms with E-state index in [-0.39, 0.29) is 6.61 Å². The fourth-order valence-electron chi connectivity index (χ4n) is 6.32. The summed E-state index contributed by atoms with van der Waals surface area (Å²) in [5, 5.41) is 35.4. The second kappa shape index (κ2) is 7.31. The van der Waals surface area contributed by atoms with Gasteiger partial charge < -0.3 is 29.9 Å². The molecule has 2 heterocycles. The maximum Gasteiger partial charge on any atom is 0.162 e. The van der Waals surface area contributed by atoms with Crippen molar-refractivity contribution in [3.05, 3.63) is 36.0 Å². The fraction of sp³-hybridized carbons (Fsp3) is 0.667. The summed E-state index contributed by atoms with van der Waals surface area (Å²) in [7, 11) is 0. The maximum atomic E-state index is 10.5. The Kier molecular flexibility index (Phi) is 4.99.